The molecule has 192 valence electrons. The molecule has 0 aliphatic carbocycles. The summed E-state index contributed by atoms with van der Waals surface area (Å²) in [6.45, 7) is 1.95. The van der Waals surface area contributed by atoms with Crippen LogP contribution in [0.3, 0.4) is 0 Å². The molecule has 4 aromatic rings. The third-order valence-electron chi connectivity index (χ3n) is 6.07. The number of halogens is 1. The molecule has 0 radical (unpaired) electrons. The number of ether oxygens (including phenoxy) is 1. The van der Waals surface area contributed by atoms with Crippen LogP contribution in [-0.4, -0.2) is 28.5 Å². The Morgan fingerprint density at radius 2 is 1.89 bits per heavy atom. The maximum atomic E-state index is 13.9. The third kappa shape index (κ3) is 5.01. The average Bonchev–Trinajstić information content (AvgIpc) is 3.24. The van der Waals surface area contributed by atoms with E-state index in [1.807, 2.05) is 60.9 Å². The highest BCUT2D eigenvalue weighted by Crippen LogP contribution is 2.35. The molecular formula is C29H23BrN2O4S2. The second-order valence-electron chi connectivity index (χ2n) is 8.42. The van der Waals surface area contributed by atoms with Crippen LogP contribution in [0.25, 0.3) is 11.8 Å². The van der Waals surface area contributed by atoms with E-state index in [1.165, 1.54) is 11.3 Å². The van der Waals surface area contributed by atoms with Crippen molar-refractivity contribution in [3.63, 3.8) is 0 Å². The van der Waals surface area contributed by atoms with E-state index in [0.717, 1.165) is 21.6 Å². The molecule has 1 atom stereocenters. The van der Waals surface area contributed by atoms with Crippen LogP contribution in [0.5, 0.6) is 5.75 Å². The summed E-state index contributed by atoms with van der Waals surface area (Å²) in [6, 6.07) is 21.6. The fourth-order valence-corrected chi connectivity index (χ4v) is 6.11. The van der Waals surface area contributed by atoms with Crippen LogP contribution in [0, 0.1) is 0 Å². The summed E-state index contributed by atoms with van der Waals surface area (Å²) in [6.07, 6.45) is 3.76. The summed E-state index contributed by atoms with van der Waals surface area (Å²) < 4.78 is 8.08. The lowest BCUT2D eigenvalue weighted by molar-refractivity contribution is -0.138. The highest BCUT2D eigenvalue weighted by molar-refractivity contribution is 9.10. The Morgan fingerprint density at radius 3 is 2.55 bits per heavy atom. The van der Waals surface area contributed by atoms with Gasteiger partial charge in [0.05, 0.1) is 32.9 Å². The quantitative estimate of drug-likeness (QED) is 0.243. The molecule has 1 aliphatic rings. The molecule has 0 bridgehead atoms. The number of thioether (sulfide) groups is 1. The lowest BCUT2D eigenvalue weighted by Gasteiger charge is -2.26. The van der Waals surface area contributed by atoms with E-state index in [-0.39, 0.29) is 17.9 Å². The zero-order valence-corrected chi connectivity index (χ0v) is 23.8. The van der Waals surface area contributed by atoms with E-state index in [2.05, 4.69) is 15.9 Å². The van der Waals surface area contributed by atoms with Crippen LogP contribution >= 0.6 is 39.0 Å². The topological polar surface area (TPSA) is 80.9 Å². The summed E-state index contributed by atoms with van der Waals surface area (Å²) in [5, 5.41) is 9.87. The molecule has 2 heterocycles. The van der Waals surface area contributed by atoms with Crippen molar-refractivity contribution in [1.29, 1.82) is 0 Å². The molecule has 3 aromatic carbocycles. The van der Waals surface area contributed by atoms with E-state index in [0.29, 0.717) is 25.1 Å². The van der Waals surface area contributed by atoms with Gasteiger partial charge in [0.25, 0.3) is 5.56 Å². The van der Waals surface area contributed by atoms with Gasteiger partial charge in [-0.15, -0.1) is 11.8 Å². The molecular weight excluding hydrogens is 584 g/mol. The molecule has 1 aromatic heterocycles. The number of carbonyl (C=O) groups excluding carboxylic acids is 1. The molecule has 0 saturated heterocycles. The Balaban J connectivity index is 1.81. The zero-order chi connectivity index (χ0) is 26.8. The van der Waals surface area contributed by atoms with Crippen molar-refractivity contribution in [1.82, 2.24) is 4.57 Å². The Kier molecular flexibility index (Phi) is 7.69. The molecule has 6 nitrogen and oxygen atoms in total. The Bertz CT molecular complexity index is 1730. The number of fused-ring (bicyclic) bond motifs is 1. The predicted molar refractivity (Wildman–Crippen MR) is 155 cm³/mol. The molecule has 0 spiro atoms. The lowest BCUT2D eigenvalue weighted by atomic mass is 9.93. The minimum atomic E-state index is -0.717. The second kappa shape index (κ2) is 11.1. The number of aromatic hydroxyl groups is 1. The molecule has 5 rings (SSSR count). The molecule has 0 saturated carbocycles. The van der Waals surface area contributed by atoms with Crippen LogP contribution in [0.15, 0.2) is 97.5 Å². The summed E-state index contributed by atoms with van der Waals surface area (Å²) in [5.74, 6) is -0.394. The van der Waals surface area contributed by atoms with Crippen molar-refractivity contribution in [2.75, 3.05) is 12.9 Å². The number of phenolic OH excluding ortho intramolecular Hbond substituents is 1. The number of nitrogens with zero attached hydrogens (tertiary/aromatic N) is 2. The number of thiazole rings is 1. The van der Waals surface area contributed by atoms with Crippen molar-refractivity contribution in [2.45, 2.75) is 17.9 Å². The van der Waals surface area contributed by atoms with Crippen molar-refractivity contribution in [3.05, 3.63) is 119 Å². The van der Waals surface area contributed by atoms with Crippen molar-refractivity contribution in [2.24, 2.45) is 4.99 Å². The predicted octanol–water partition coefficient (Wildman–Crippen LogP) is 5.13. The fourth-order valence-electron chi connectivity index (χ4n) is 4.31. The zero-order valence-electron chi connectivity index (χ0n) is 20.6. The van der Waals surface area contributed by atoms with Crippen molar-refractivity contribution >= 4 is 56.8 Å². The first kappa shape index (κ1) is 26.2. The van der Waals surface area contributed by atoms with Gasteiger partial charge in [-0.25, -0.2) is 9.79 Å². The van der Waals surface area contributed by atoms with Gasteiger partial charge >= 0.3 is 5.97 Å². The molecule has 0 fully saturated rings. The van der Waals surface area contributed by atoms with Gasteiger partial charge in [-0.05, 0) is 70.6 Å². The van der Waals surface area contributed by atoms with Crippen LogP contribution in [0.2, 0.25) is 0 Å². The number of carbonyl (C=O) groups is 1. The van der Waals surface area contributed by atoms with Gasteiger partial charge in [0.15, 0.2) is 4.80 Å². The summed E-state index contributed by atoms with van der Waals surface area (Å²) in [7, 11) is 0. The van der Waals surface area contributed by atoms with Crippen LogP contribution in [0.1, 0.15) is 29.7 Å². The van der Waals surface area contributed by atoms with Crippen molar-refractivity contribution in [3.8, 4) is 5.75 Å². The monoisotopic (exact) mass is 606 g/mol. The molecule has 0 amide bonds. The number of hydrogen-bond acceptors (Lipinski definition) is 7. The minimum absolute atomic E-state index is 0.115. The summed E-state index contributed by atoms with van der Waals surface area (Å²) in [4.78, 5) is 33.8. The summed E-state index contributed by atoms with van der Waals surface area (Å²) in [5.41, 5.74) is 2.85. The van der Waals surface area contributed by atoms with E-state index in [4.69, 9.17) is 9.73 Å². The van der Waals surface area contributed by atoms with E-state index < -0.39 is 12.0 Å². The van der Waals surface area contributed by atoms with Gasteiger partial charge in [0, 0.05) is 10.5 Å². The number of rotatable bonds is 6. The first-order valence-electron chi connectivity index (χ1n) is 11.8. The smallest absolute Gasteiger partial charge is 0.338 e. The Morgan fingerprint density at radius 1 is 1.16 bits per heavy atom. The Labute approximate surface area is 235 Å². The van der Waals surface area contributed by atoms with E-state index >= 15 is 0 Å². The van der Waals surface area contributed by atoms with Crippen LogP contribution in [0.4, 0.5) is 0 Å². The second-order valence-corrected chi connectivity index (χ2v) is 11.2. The first-order chi connectivity index (χ1) is 18.4. The van der Waals surface area contributed by atoms with Gasteiger partial charge < -0.3 is 9.84 Å². The third-order valence-corrected chi connectivity index (χ3v) is 8.44. The molecule has 9 heteroatoms. The van der Waals surface area contributed by atoms with E-state index in [9.17, 15) is 14.7 Å². The van der Waals surface area contributed by atoms with Gasteiger partial charge in [-0.3, -0.25) is 9.36 Å². The fraction of sp³-hybridized carbons (Fsp3) is 0.138. The number of hydrogen-bond donors (Lipinski definition) is 1. The largest absolute Gasteiger partial charge is 0.507 e. The van der Waals surface area contributed by atoms with Crippen LogP contribution < -0.4 is 14.9 Å². The lowest BCUT2D eigenvalue weighted by Crippen LogP contribution is -2.40. The van der Waals surface area contributed by atoms with E-state index in [1.54, 1.807) is 47.5 Å². The number of benzene rings is 3. The average molecular weight is 608 g/mol. The number of esters is 1. The van der Waals surface area contributed by atoms with Gasteiger partial charge in [-0.2, -0.15) is 0 Å². The maximum Gasteiger partial charge on any atom is 0.338 e. The maximum absolute atomic E-state index is 13.9. The highest BCUT2D eigenvalue weighted by Gasteiger charge is 2.35. The van der Waals surface area contributed by atoms with Crippen LogP contribution in [-0.2, 0) is 9.53 Å². The molecule has 0 unspecified atom stereocenters. The molecule has 1 aliphatic heterocycles. The number of phenols is 1. The van der Waals surface area contributed by atoms with Gasteiger partial charge in [0.2, 0.25) is 0 Å². The standard InChI is InChI=1S/C29H23BrN2O4S2/c1-3-36-28(35)24-25(18-7-5-4-6-8-18)31-29-32(26(24)19-10-12-20(37-2)13-11-19)27(34)23(38-29)16-17-9-14-22(33)21(30)15-17/h4-16,26,33H,3H2,1-2H3/b23-16-/t26-/m0/s1. The first-order valence-corrected chi connectivity index (χ1v) is 14.7. The minimum Gasteiger partial charge on any atom is -0.507 e. The molecule has 38 heavy (non-hydrogen) atoms. The molecule has 1 N–H and O–H groups in total. The van der Waals surface area contributed by atoms with Gasteiger partial charge in [-0.1, -0.05) is 59.9 Å². The summed E-state index contributed by atoms with van der Waals surface area (Å²) >= 11 is 6.21. The highest BCUT2D eigenvalue weighted by atomic mass is 79.9. The Hall–Kier alpha value is -3.40. The van der Waals surface area contributed by atoms with Crippen molar-refractivity contribution < 1.29 is 14.6 Å². The normalized spacial score (nSPS) is 15.2. The van der Waals surface area contributed by atoms with Gasteiger partial charge in [0.1, 0.15) is 5.75 Å². The SMILES string of the molecule is CCOC(=O)C1=C(c2ccccc2)N=c2s/c(=C\c3ccc(O)c(Br)c3)c(=O)n2[C@H]1c1ccc(SC)cc1. The number of aromatic nitrogens is 1.